The summed E-state index contributed by atoms with van der Waals surface area (Å²) < 4.78 is 41.7. The van der Waals surface area contributed by atoms with E-state index in [0.29, 0.717) is 19.6 Å². The molecule has 1 unspecified atom stereocenters. The van der Waals surface area contributed by atoms with Gasteiger partial charge >= 0.3 is 0 Å². The summed E-state index contributed by atoms with van der Waals surface area (Å²) in [6.07, 6.45) is 0. The minimum atomic E-state index is -3.96. The normalized spacial score (nSPS) is 20.2. The monoisotopic (exact) mass is 368 g/mol. The van der Waals surface area contributed by atoms with E-state index in [1.807, 2.05) is 37.4 Å². The first kappa shape index (κ1) is 17.4. The molecule has 0 radical (unpaired) electrons. The van der Waals surface area contributed by atoms with Crippen LogP contribution in [0.25, 0.3) is 0 Å². The van der Waals surface area contributed by atoms with Crippen LogP contribution in [0.5, 0.6) is 0 Å². The predicted molar refractivity (Wildman–Crippen MR) is 92.0 cm³/mol. The van der Waals surface area contributed by atoms with Gasteiger partial charge in [-0.1, -0.05) is 41.9 Å². The summed E-state index contributed by atoms with van der Waals surface area (Å²) in [6, 6.07) is 12.7. The number of halogens is 2. The van der Waals surface area contributed by atoms with E-state index in [-0.39, 0.29) is 16.0 Å². The molecule has 4 nitrogen and oxygen atoms in total. The minimum Gasteiger partial charge on any atom is -0.303 e. The molecule has 0 amide bonds. The molecule has 0 aromatic heterocycles. The number of nitrogens with zero attached hydrogens (tertiary/aromatic N) is 2. The Hall–Kier alpha value is -1.47. The Morgan fingerprint density at radius 2 is 1.83 bits per heavy atom. The fourth-order valence-corrected chi connectivity index (χ4v) is 4.75. The highest BCUT2D eigenvalue weighted by molar-refractivity contribution is 7.89. The summed E-state index contributed by atoms with van der Waals surface area (Å²) in [4.78, 5) is 1.74. The van der Waals surface area contributed by atoms with Crippen LogP contribution in [0.3, 0.4) is 0 Å². The molecule has 1 heterocycles. The average molecular weight is 369 g/mol. The highest BCUT2D eigenvalue weighted by Crippen LogP contribution is 2.32. The van der Waals surface area contributed by atoms with Crippen molar-refractivity contribution in [2.24, 2.45) is 0 Å². The van der Waals surface area contributed by atoms with Crippen molar-refractivity contribution in [1.29, 1.82) is 0 Å². The van der Waals surface area contributed by atoms with Crippen molar-refractivity contribution in [3.8, 4) is 0 Å². The third-order valence-corrected chi connectivity index (χ3v) is 6.38. The van der Waals surface area contributed by atoms with Gasteiger partial charge in [0.05, 0.1) is 6.04 Å². The van der Waals surface area contributed by atoms with E-state index in [1.165, 1.54) is 16.4 Å². The van der Waals surface area contributed by atoms with E-state index < -0.39 is 15.8 Å². The Bertz CT molecular complexity index is 830. The molecule has 1 aliphatic heterocycles. The molecule has 1 atom stereocenters. The van der Waals surface area contributed by atoms with Crippen molar-refractivity contribution < 1.29 is 12.8 Å². The number of rotatable bonds is 3. The Labute approximate surface area is 146 Å². The van der Waals surface area contributed by atoms with Crippen LogP contribution in [0.4, 0.5) is 4.39 Å². The van der Waals surface area contributed by atoms with Crippen molar-refractivity contribution in [2.75, 3.05) is 26.7 Å². The summed E-state index contributed by atoms with van der Waals surface area (Å²) in [6.45, 7) is 1.46. The standard InChI is InChI=1S/C17H18ClFN2O2S/c1-20-9-10-21(16(12-20)13-5-3-2-4-6-13)24(22,23)17-8-7-14(18)11-15(17)19/h2-8,11,16H,9-10,12H2,1H3. The fraction of sp³-hybridized carbons (Fsp3) is 0.294. The smallest absolute Gasteiger partial charge is 0.246 e. The maximum Gasteiger partial charge on any atom is 0.246 e. The first-order valence-electron chi connectivity index (χ1n) is 7.60. The molecule has 0 spiro atoms. The maximum atomic E-state index is 14.2. The number of hydrogen-bond acceptors (Lipinski definition) is 3. The molecule has 1 fully saturated rings. The van der Waals surface area contributed by atoms with Crippen LogP contribution in [0, 0.1) is 5.82 Å². The molecule has 24 heavy (non-hydrogen) atoms. The summed E-state index contributed by atoms with van der Waals surface area (Å²) in [5.74, 6) is -0.826. The van der Waals surface area contributed by atoms with Gasteiger partial charge in [0.25, 0.3) is 0 Å². The van der Waals surface area contributed by atoms with Crippen molar-refractivity contribution in [2.45, 2.75) is 10.9 Å². The molecule has 0 bridgehead atoms. The Morgan fingerprint density at radius 1 is 1.12 bits per heavy atom. The number of likely N-dealkylation sites (N-methyl/N-ethyl adjacent to an activating group) is 1. The van der Waals surface area contributed by atoms with Crippen LogP contribution in [-0.2, 0) is 10.0 Å². The third kappa shape index (κ3) is 3.32. The van der Waals surface area contributed by atoms with Crippen molar-refractivity contribution >= 4 is 21.6 Å². The lowest BCUT2D eigenvalue weighted by molar-refractivity contribution is 0.160. The number of piperazine rings is 1. The van der Waals surface area contributed by atoms with Crippen LogP contribution < -0.4 is 0 Å². The number of sulfonamides is 1. The second kappa shape index (κ2) is 6.80. The predicted octanol–water partition coefficient (Wildman–Crippen LogP) is 3.16. The van der Waals surface area contributed by atoms with Gasteiger partial charge in [-0.05, 0) is 30.8 Å². The molecule has 2 aromatic carbocycles. The van der Waals surface area contributed by atoms with E-state index in [1.54, 1.807) is 0 Å². The zero-order chi connectivity index (χ0) is 17.3. The third-order valence-electron chi connectivity index (χ3n) is 4.20. The molecule has 0 N–H and O–H groups in total. The average Bonchev–Trinajstić information content (AvgIpc) is 2.55. The van der Waals surface area contributed by atoms with E-state index in [0.717, 1.165) is 11.6 Å². The van der Waals surface area contributed by atoms with E-state index in [4.69, 9.17) is 11.6 Å². The molecule has 1 aliphatic rings. The van der Waals surface area contributed by atoms with Crippen LogP contribution in [0.1, 0.15) is 11.6 Å². The summed E-state index contributed by atoms with van der Waals surface area (Å²) in [5.41, 5.74) is 0.891. The molecule has 7 heteroatoms. The topological polar surface area (TPSA) is 40.6 Å². The minimum absolute atomic E-state index is 0.171. The van der Waals surface area contributed by atoms with Gasteiger partial charge in [-0.3, -0.25) is 0 Å². The molecule has 3 rings (SSSR count). The highest BCUT2D eigenvalue weighted by atomic mass is 35.5. The summed E-state index contributed by atoms with van der Waals surface area (Å²) >= 11 is 5.74. The second-order valence-electron chi connectivity index (χ2n) is 5.88. The highest BCUT2D eigenvalue weighted by Gasteiger charge is 2.37. The SMILES string of the molecule is CN1CCN(S(=O)(=O)c2ccc(Cl)cc2F)C(c2ccccc2)C1. The first-order valence-corrected chi connectivity index (χ1v) is 9.42. The summed E-state index contributed by atoms with van der Waals surface area (Å²) in [5, 5.41) is 0.171. The number of benzene rings is 2. The maximum absolute atomic E-state index is 14.2. The van der Waals surface area contributed by atoms with E-state index in [2.05, 4.69) is 4.90 Å². The van der Waals surface area contributed by atoms with Gasteiger partial charge in [-0.2, -0.15) is 4.31 Å². The van der Waals surface area contributed by atoms with Gasteiger partial charge < -0.3 is 4.90 Å². The fourth-order valence-electron chi connectivity index (χ4n) is 2.95. The molecule has 1 saturated heterocycles. The van der Waals surface area contributed by atoms with E-state index in [9.17, 15) is 12.8 Å². The molecule has 2 aromatic rings. The van der Waals surface area contributed by atoms with Crippen molar-refractivity contribution in [3.63, 3.8) is 0 Å². The first-order chi connectivity index (χ1) is 11.4. The molecular formula is C17H18ClFN2O2S. The van der Waals surface area contributed by atoms with Gasteiger partial charge in [-0.25, -0.2) is 12.8 Å². The quantitative estimate of drug-likeness (QED) is 0.835. The lowest BCUT2D eigenvalue weighted by Gasteiger charge is -2.39. The van der Waals surface area contributed by atoms with Gasteiger partial charge in [0.1, 0.15) is 10.7 Å². The second-order valence-corrected chi connectivity index (χ2v) is 8.17. The molecular weight excluding hydrogens is 351 g/mol. The Balaban J connectivity index is 2.04. The van der Waals surface area contributed by atoms with Crippen LogP contribution >= 0.6 is 11.6 Å². The zero-order valence-electron chi connectivity index (χ0n) is 13.2. The van der Waals surface area contributed by atoms with Crippen LogP contribution in [0.15, 0.2) is 53.4 Å². The van der Waals surface area contributed by atoms with Gasteiger partial charge in [0.2, 0.25) is 10.0 Å². The molecule has 0 saturated carbocycles. The number of hydrogen-bond donors (Lipinski definition) is 0. The van der Waals surface area contributed by atoms with E-state index >= 15 is 0 Å². The van der Waals surface area contributed by atoms with Gasteiger partial charge in [0.15, 0.2) is 0 Å². The van der Waals surface area contributed by atoms with Crippen molar-refractivity contribution in [3.05, 3.63) is 64.9 Å². The lowest BCUT2D eigenvalue weighted by Crippen LogP contribution is -2.49. The lowest BCUT2D eigenvalue weighted by atomic mass is 10.1. The van der Waals surface area contributed by atoms with Crippen LogP contribution in [-0.4, -0.2) is 44.3 Å². The van der Waals surface area contributed by atoms with Crippen molar-refractivity contribution in [1.82, 2.24) is 9.21 Å². The zero-order valence-corrected chi connectivity index (χ0v) is 14.8. The van der Waals surface area contributed by atoms with Gasteiger partial charge in [0, 0.05) is 24.7 Å². The largest absolute Gasteiger partial charge is 0.303 e. The van der Waals surface area contributed by atoms with Crippen LogP contribution in [0.2, 0.25) is 5.02 Å². The Morgan fingerprint density at radius 3 is 2.50 bits per heavy atom. The Kier molecular flexibility index (Phi) is 4.92. The molecule has 0 aliphatic carbocycles. The summed E-state index contributed by atoms with van der Waals surface area (Å²) in [7, 11) is -2.01. The van der Waals surface area contributed by atoms with Gasteiger partial charge in [-0.15, -0.1) is 0 Å². The molecule has 128 valence electrons.